The van der Waals surface area contributed by atoms with Crippen LogP contribution < -0.4 is 0 Å². The second kappa shape index (κ2) is 3.41. The molecule has 0 aliphatic heterocycles. The van der Waals surface area contributed by atoms with E-state index < -0.39 is 8.83 Å². The molecular formula is C7H5BrClNO2. The fourth-order valence-electron chi connectivity index (χ4n) is 0.744. The molecule has 1 aromatic carbocycles. The molecule has 0 radical (unpaired) electrons. The average Bonchev–Trinajstić information content (AvgIpc) is 2.06. The molecule has 0 fully saturated rings. The molecule has 0 saturated carbocycles. The van der Waals surface area contributed by atoms with Crippen LogP contribution in [0, 0.1) is 10.1 Å². The monoisotopic (exact) mass is 249 g/mol. The predicted octanol–water partition coefficient (Wildman–Crippen LogP) is 2.71. The van der Waals surface area contributed by atoms with Crippen molar-refractivity contribution in [3.05, 3.63) is 46.0 Å². The minimum atomic E-state index is -1.70. The van der Waals surface area contributed by atoms with Gasteiger partial charge >= 0.3 is 3.91 Å². The van der Waals surface area contributed by atoms with Crippen molar-refractivity contribution in [2.75, 3.05) is 0 Å². The Morgan fingerprint density at radius 3 is 2.33 bits per heavy atom. The molecule has 0 saturated heterocycles. The van der Waals surface area contributed by atoms with E-state index in [1.807, 2.05) is 0 Å². The molecule has 12 heavy (non-hydrogen) atoms. The van der Waals surface area contributed by atoms with Gasteiger partial charge in [0.05, 0.1) is 10.5 Å². The van der Waals surface area contributed by atoms with Crippen LogP contribution in [-0.4, -0.2) is 4.92 Å². The molecule has 1 aromatic rings. The van der Waals surface area contributed by atoms with Gasteiger partial charge in [-0.25, -0.2) is 0 Å². The highest BCUT2D eigenvalue weighted by Gasteiger charge is 2.38. The predicted molar refractivity (Wildman–Crippen MR) is 49.9 cm³/mol. The maximum Gasteiger partial charge on any atom is 0.373 e. The summed E-state index contributed by atoms with van der Waals surface area (Å²) in [5.74, 6) is 0. The highest BCUT2D eigenvalue weighted by molar-refractivity contribution is 9.10. The molecule has 0 N–H and O–H groups in total. The lowest BCUT2D eigenvalue weighted by Gasteiger charge is -2.09. The Hall–Kier alpha value is -0.610. The van der Waals surface area contributed by atoms with Crippen LogP contribution in [0.1, 0.15) is 5.56 Å². The summed E-state index contributed by atoms with van der Waals surface area (Å²) in [6, 6.07) is 8.33. The SMILES string of the molecule is O=[N+]([O-])C(Cl)(Br)c1ccccc1. The summed E-state index contributed by atoms with van der Waals surface area (Å²) in [5.41, 5.74) is 0.414. The smallest absolute Gasteiger partial charge is 0.262 e. The Bertz CT molecular complexity index is 289. The second-order valence-electron chi connectivity index (χ2n) is 2.16. The molecule has 0 aliphatic rings. The molecule has 0 aromatic heterocycles. The minimum Gasteiger partial charge on any atom is -0.262 e. The maximum absolute atomic E-state index is 10.4. The summed E-state index contributed by atoms with van der Waals surface area (Å²) in [6.45, 7) is 0. The molecule has 1 rings (SSSR count). The number of nitro groups is 1. The van der Waals surface area contributed by atoms with Crippen LogP contribution >= 0.6 is 27.5 Å². The Morgan fingerprint density at radius 2 is 1.92 bits per heavy atom. The number of alkyl halides is 2. The summed E-state index contributed by atoms with van der Waals surface area (Å²) in [4.78, 5) is 9.85. The van der Waals surface area contributed by atoms with Gasteiger partial charge in [-0.3, -0.25) is 10.1 Å². The number of hydrogen-bond donors (Lipinski definition) is 0. The van der Waals surface area contributed by atoms with Gasteiger partial charge in [-0.15, -0.1) is 0 Å². The van der Waals surface area contributed by atoms with E-state index in [2.05, 4.69) is 15.9 Å². The summed E-state index contributed by atoms with van der Waals surface area (Å²) in [5, 5.41) is 10.4. The number of rotatable bonds is 2. The van der Waals surface area contributed by atoms with Crippen molar-refractivity contribution in [3.8, 4) is 0 Å². The average molecular weight is 250 g/mol. The van der Waals surface area contributed by atoms with Gasteiger partial charge in [0.2, 0.25) is 0 Å². The molecule has 64 valence electrons. The molecule has 0 spiro atoms. The summed E-state index contributed by atoms with van der Waals surface area (Å²) < 4.78 is -1.70. The van der Waals surface area contributed by atoms with Gasteiger partial charge in [-0.2, -0.15) is 0 Å². The van der Waals surface area contributed by atoms with Gasteiger partial charge < -0.3 is 0 Å². The number of nitrogens with zero attached hydrogens (tertiary/aromatic N) is 1. The number of hydrogen-bond acceptors (Lipinski definition) is 2. The van der Waals surface area contributed by atoms with E-state index in [1.54, 1.807) is 30.3 Å². The topological polar surface area (TPSA) is 43.1 Å². The fourth-order valence-corrected chi connectivity index (χ4v) is 1.13. The van der Waals surface area contributed by atoms with Crippen molar-refractivity contribution in [2.24, 2.45) is 0 Å². The zero-order chi connectivity index (χ0) is 9.19. The maximum atomic E-state index is 10.4. The van der Waals surface area contributed by atoms with Gasteiger partial charge in [-0.05, 0) is 23.7 Å². The highest BCUT2D eigenvalue weighted by Crippen LogP contribution is 2.35. The molecule has 3 nitrogen and oxygen atoms in total. The van der Waals surface area contributed by atoms with E-state index in [0.717, 1.165) is 0 Å². The van der Waals surface area contributed by atoms with Crippen molar-refractivity contribution >= 4 is 27.5 Å². The molecule has 5 heteroatoms. The van der Waals surface area contributed by atoms with E-state index in [9.17, 15) is 10.1 Å². The summed E-state index contributed by atoms with van der Waals surface area (Å²) in [7, 11) is 0. The number of halogens is 2. The van der Waals surface area contributed by atoms with Crippen LogP contribution in [0.2, 0.25) is 0 Å². The lowest BCUT2D eigenvalue weighted by Crippen LogP contribution is -2.20. The van der Waals surface area contributed by atoms with Crippen molar-refractivity contribution in [3.63, 3.8) is 0 Å². The zero-order valence-corrected chi connectivity index (χ0v) is 8.25. The molecule has 0 aliphatic carbocycles. The van der Waals surface area contributed by atoms with Crippen LogP contribution in [0.25, 0.3) is 0 Å². The Labute approximate surface area is 82.6 Å². The van der Waals surface area contributed by atoms with Crippen molar-refractivity contribution in [1.82, 2.24) is 0 Å². The molecule has 1 unspecified atom stereocenters. The van der Waals surface area contributed by atoms with E-state index >= 15 is 0 Å². The minimum absolute atomic E-state index is 0.414. The first-order valence-electron chi connectivity index (χ1n) is 3.13. The van der Waals surface area contributed by atoms with Crippen LogP contribution in [-0.2, 0) is 3.91 Å². The first kappa shape index (κ1) is 9.48. The molecule has 0 heterocycles. The van der Waals surface area contributed by atoms with E-state index in [0.29, 0.717) is 5.56 Å². The van der Waals surface area contributed by atoms with Crippen molar-refractivity contribution < 1.29 is 4.92 Å². The third kappa shape index (κ3) is 1.76. The standard InChI is InChI=1S/C7H5BrClNO2/c8-7(9,10(11)12)6-4-2-1-3-5-6/h1-5H. The van der Waals surface area contributed by atoms with Crippen LogP contribution in [0.5, 0.6) is 0 Å². The largest absolute Gasteiger partial charge is 0.373 e. The normalized spacial score (nSPS) is 15.2. The molecular weight excluding hydrogens is 245 g/mol. The second-order valence-corrected chi connectivity index (χ2v) is 4.32. The van der Waals surface area contributed by atoms with Gasteiger partial charge in [0.25, 0.3) is 0 Å². The van der Waals surface area contributed by atoms with E-state index in [4.69, 9.17) is 11.6 Å². The fraction of sp³-hybridized carbons (Fsp3) is 0.143. The first-order chi connectivity index (χ1) is 5.55. The zero-order valence-electron chi connectivity index (χ0n) is 5.91. The van der Waals surface area contributed by atoms with Crippen molar-refractivity contribution in [2.45, 2.75) is 3.91 Å². The lowest BCUT2D eigenvalue weighted by atomic mass is 10.2. The lowest BCUT2D eigenvalue weighted by molar-refractivity contribution is -0.516. The third-order valence-electron chi connectivity index (χ3n) is 1.35. The van der Waals surface area contributed by atoms with Gasteiger partial charge in [0, 0.05) is 15.9 Å². The third-order valence-corrected chi connectivity index (χ3v) is 2.45. The number of benzene rings is 1. The van der Waals surface area contributed by atoms with E-state index in [-0.39, 0.29) is 0 Å². The van der Waals surface area contributed by atoms with Crippen molar-refractivity contribution in [1.29, 1.82) is 0 Å². The Balaban J connectivity index is 3.06. The van der Waals surface area contributed by atoms with E-state index in [1.165, 1.54) is 0 Å². The Morgan fingerprint density at radius 1 is 1.42 bits per heavy atom. The van der Waals surface area contributed by atoms with Gasteiger partial charge in [0.1, 0.15) is 0 Å². The van der Waals surface area contributed by atoms with Crippen LogP contribution in [0.4, 0.5) is 0 Å². The molecule has 0 bridgehead atoms. The highest BCUT2D eigenvalue weighted by atomic mass is 79.9. The molecule has 1 atom stereocenters. The quantitative estimate of drug-likeness (QED) is 0.350. The summed E-state index contributed by atoms with van der Waals surface area (Å²) in [6.07, 6.45) is 0. The Kier molecular flexibility index (Phi) is 2.69. The van der Waals surface area contributed by atoms with Crippen LogP contribution in [0.3, 0.4) is 0 Å². The van der Waals surface area contributed by atoms with Gasteiger partial charge in [-0.1, -0.05) is 18.2 Å². The molecule has 0 amide bonds. The van der Waals surface area contributed by atoms with Crippen LogP contribution in [0.15, 0.2) is 30.3 Å². The first-order valence-corrected chi connectivity index (χ1v) is 4.30. The van der Waals surface area contributed by atoms with Gasteiger partial charge in [0.15, 0.2) is 0 Å². The summed E-state index contributed by atoms with van der Waals surface area (Å²) >= 11 is 8.43.